The van der Waals surface area contributed by atoms with Crippen molar-refractivity contribution in [1.29, 1.82) is 0 Å². The lowest BCUT2D eigenvalue weighted by molar-refractivity contribution is -0.137. The number of esters is 1. The summed E-state index contributed by atoms with van der Waals surface area (Å²) in [6, 6.07) is 7.97. The molecule has 2 rings (SSSR count). The van der Waals surface area contributed by atoms with Gasteiger partial charge in [0.1, 0.15) is 5.82 Å². The number of H-pyrrole nitrogens is 1. The Morgan fingerprint density at radius 1 is 1.35 bits per heavy atom. The Bertz CT molecular complexity index is 548. The zero-order valence-corrected chi connectivity index (χ0v) is 12.0. The van der Waals surface area contributed by atoms with Crippen molar-refractivity contribution in [3.05, 3.63) is 59.7 Å². The summed E-state index contributed by atoms with van der Waals surface area (Å²) >= 11 is 0. The molecule has 0 saturated carbocycles. The maximum absolute atomic E-state index is 11.2. The molecular weight excluding hydrogens is 276 g/mol. The predicted octanol–water partition coefficient (Wildman–Crippen LogP) is 3.00. The number of aromatic nitrogens is 2. The van der Waals surface area contributed by atoms with Gasteiger partial charge in [-0.25, -0.2) is 9.78 Å². The quantitative estimate of drug-likeness (QED) is 0.681. The summed E-state index contributed by atoms with van der Waals surface area (Å²) in [6.07, 6.45) is 7.51. The van der Waals surface area contributed by atoms with Crippen LogP contribution in [-0.4, -0.2) is 22.5 Å². The molecule has 1 N–H and O–H groups in total. The second kappa shape index (κ2) is 8.17. The summed E-state index contributed by atoms with van der Waals surface area (Å²) in [5.74, 6) is 0.622. The second-order valence-corrected chi connectivity index (χ2v) is 4.04. The summed E-state index contributed by atoms with van der Waals surface area (Å²) in [5, 5.41) is 0. The van der Waals surface area contributed by atoms with Gasteiger partial charge < -0.3 is 9.72 Å². The topological polar surface area (TPSA) is 55.0 Å². The van der Waals surface area contributed by atoms with Gasteiger partial charge in [-0.15, -0.1) is 12.4 Å². The van der Waals surface area contributed by atoms with Crippen LogP contribution in [0.4, 0.5) is 0 Å². The number of ether oxygens (including phenoxy) is 1. The smallest absolute Gasteiger partial charge is 0.330 e. The van der Waals surface area contributed by atoms with Crippen LogP contribution in [0.15, 0.2) is 42.7 Å². The van der Waals surface area contributed by atoms with Gasteiger partial charge in [0.2, 0.25) is 0 Å². The maximum Gasteiger partial charge on any atom is 0.330 e. The van der Waals surface area contributed by atoms with E-state index in [4.69, 9.17) is 4.74 Å². The van der Waals surface area contributed by atoms with Gasteiger partial charge in [0, 0.05) is 24.9 Å². The number of carbonyl (C=O) groups excluding carboxylic acids is 1. The van der Waals surface area contributed by atoms with Crippen LogP contribution in [0.25, 0.3) is 6.08 Å². The van der Waals surface area contributed by atoms with Crippen molar-refractivity contribution < 1.29 is 9.53 Å². The van der Waals surface area contributed by atoms with E-state index in [0.717, 1.165) is 17.8 Å². The van der Waals surface area contributed by atoms with Crippen molar-refractivity contribution >= 4 is 24.5 Å². The normalized spacial score (nSPS) is 10.2. The Labute approximate surface area is 124 Å². The number of benzene rings is 1. The Balaban J connectivity index is 0.00000200. The van der Waals surface area contributed by atoms with E-state index < -0.39 is 0 Å². The molecule has 0 saturated heterocycles. The summed E-state index contributed by atoms with van der Waals surface area (Å²) in [6.45, 7) is 2.18. The van der Waals surface area contributed by atoms with Crippen molar-refractivity contribution in [1.82, 2.24) is 9.97 Å². The number of hydrogen-bond donors (Lipinski definition) is 1. The van der Waals surface area contributed by atoms with E-state index >= 15 is 0 Å². The Morgan fingerprint density at radius 2 is 2.10 bits per heavy atom. The number of carbonyl (C=O) groups is 1. The van der Waals surface area contributed by atoms with Crippen LogP contribution < -0.4 is 0 Å². The van der Waals surface area contributed by atoms with Crippen LogP contribution in [0, 0.1) is 0 Å². The minimum atomic E-state index is -0.317. The zero-order chi connectivity index (χ0) is 13.5. The molecule has 4 nitrogen and oxygen atoms in total. The molecule has 0 aliphatic rings. The standard InChI is InChI=1S/C15H16N2O2.ClH/c1-2-19-15(18)8-7-12-3-5-13(6-4-12)11-14-16-9-10-17-14;/h3-10H,2,11H2,1H3,(H,16,17);1H. The van der Waals surface area contributed by atoms with Crippen LogP contribution in [0.5, 0.6) is 0 Å². The molecule has 20 heavy (non-hydrogen) atoms. The van der Waals surface area contributed by atoms with E-state index in [-0.39, 0.29) is 18.4 Å². The first-order valence-corrected chi connectivity index (χ1v) is 6.20. The number of halogens is 1. The highest BCUT2D eigenvalue weighted by Gasteiger charge is 1.98. The molecule has 0 fully saturated rings. The molecule has 0 spiro atoms. The van der Waals surface area contributed by atoms with Gasteiger partial charge >= 0.3 is 5.97 Å². The van der Waals surface area contributed by atoms with Gasteiger partial charge in [-0.3, -0.25) is 0 Å². The van der Waals surface area contributed by atoms with Crippen LogP contribution >= 0.6 is 12.4 Å². The van der Waals surface area contributed by atoms with Crippen LogP contribution in [-0.2, 0) is 16.0 Å². The third-order valence-electron chi connectivity index (χ3n) is 2.60. The first-order chi connectivity index (χ1) is 9.28. The Hall–Kier alpha value is -2.07. The van der Waals surface area contributed by atoms with Gasteiger partial charge in [0.05, 0.1) is 6.61 Å². The molecule has 1 aromatic heterocycles. The van der Waals surface area contributed by atoms with Gasteiger partial charge in [0.25, 0.3) is 0 Å². The summed E-state index contributed by atoms with van der Waals surface area (Å²) in [5.41, 5.74) is 2.14. The number of rotatable bonds is 5. The van der Waals surface area contributed by atoms with Gasteiger partial charge in [-0.05, 0) is 24.1 Å². The first-order valence-electron chi connectivity index (χ1n) is 6.20. The van der Waals surface area contributed by atoms with Gasteiger partial charge in [-0.2, -0.15) is 0 Å². The summed E-state index contributed by atoms with van der Waals surface area (Å²) in [4.78, 5) is 18.4. The highest BCUT2D eigenvalue weighted by atomic mass is 35.5. The number of nitrogens with one attached hydrogen (secondary N) is 1. The molecule has 0 amide bonds. The molecule has 0 radical (unpaired) electrons. The second-order valence-electron chi connectivity index (χ2n) is 4.04. The fourth-order valence-electron chi connectivity index (χ4n) is 1.69. The first kappa shape index (κ1) is 16.0. The van der Waals surface area contributed by atoms with Crippen LogP contribution in [0.1, 0.15) is 23.9 Å². The lowest BCUT2D eigenvalue weighted by Gasteiger charge is -2.00. The number of hydrogen-bond acceptors (Lipinski definition) is 3. The Morgan fingerprint density at radius 3 is 2.70 bits per heavy atom. The molecule has 5 heteroatoms. The van der Waals surface area contributed by atoms with Crippen molar-refractivity contribution in [3.8, 4) is 0 Å². The molecule has 2 aromatic rings. The summed E-state index contributed by atoms with van der Waals surface area (Å²) < 4.78 is 4.82. The molecule has 1 heterocycles. The van der Waals surface area contributed by atoms with E-state index in [0.29, 0.717) is 6.61 Å². The Kier molecular flexibility index (Phi) is 6.53. The molecule has 0 unspecified atom stereocenters. The molecule has 0 atom stereocenters. The molecular formula is C15H17ClN2O2. The number of imidazole rings is 1. The molecule has 0 aliphatic carbocycles. The largest absolute Gasteiger partial charge is 0.463 e. The minimum Gasteiger partial charge on any atom is -0.463 e. The average Bonchev–Trinajstić information content (AvgIpc) is 2.91. The van der Waals surface area contributed by atoms with E-state index in [1.54, 1.807) is 19.2 Å². The highest BCUT2D eigenvalue weighted by Crippen LogP contribution is 2.09. The molecule has 0 bridgehead atoms. The monoisotopic (exact) mass is 292 g/mol. The molecule has 1 aromatic carbocycles. The lowest BCUT2D eigenvalue weighted by Crippen LogP contribution is -1.98. The average molecular weight is 293 g/mol. The van der Waals surface area contributed by atoms with E-state index in [2.05, 4.69) is 9.97 Å². The third kappa shape index (κ3) is 4.90. The van der Waals surface area contributed by atoms with Crippen LogP contribution in [0.3, 0.4) is 0 Å². The fraction of sp³-hybridized carbons (Fsp3) is 0.200. The fourth-order valence-corrected chi connectivity index (χ4v) is 1.69. The highest BCUT2D eigenvalue weighted by molar-refractivity contribution is 5.87. The minimum absolute atomic E-state index is 0. The SMILES string of the molecule is CCOC(=O)C=Cc1ccc(Cc2ncc[nH]2)cc1.Cl. The predicted molar refractivity (Wildman–Crippen MR) is 80.8 cm³/mol. The molecule has 0 aliphatic heterocycles. The van der Waals surface area contributed by atoms with E-state index in [9.17, 15) is 4.79 Å². The van der Waals surface area contributed by atoms with Crippen molar-refractivity contribution in [2.45, 2.75) is 13.3 Å². The maximum atomic E-state index is 11.2. The number of nitrogens with zero attached hydrogens (tertiary/aromatic N) is 1. The van der Waals surface area contributed by atoms with Crippen LogP contribution in [0.2, 0.25) is 0 Å². The van der Waals surface area contributed by atoms with E-state index in [1.807, 2.05) is 30.5 Å². The third-order valence-corrected chi connectivity index (χ3v) is 2.60. The summed E-state index contributed by atoms with van der Waals surface area (Å²) in [7, 11) is 0. The lowest BCUT2D eigenvalue weighted by atomic mass is 10.1. The van der Waals surface area contributed by atoms with Crippen molar-refractivity contribution in [3.63, 3.8) is 0 Å². The van der Waals surface area contributed by atoms with E-state index in [1.165, 1.54) is 11.6 Å². The van der Waals surface area contributed by atoms with Gasteiger partial charge in [-0.1, -0.05) is 24.3 Å². The van der Waals surface area contributed by atoms with Crippen molar-refractivity contribution in [2.24, 2.45) is 0 Å². The number of aromatic amines is 1. The zero-order valence-electron chi connectivity index (χ0n) is 11.2. The van der Waals surface area contributed by atoms with Crippen molar-refractivity contribution in [2.75, 3.05) is 6.61 Å². The van der Waals surface area contributed by atoms with Gasteiger partial charge in [0.15, 0.2) is 0 Å². The molecule has 106 valence electrons.